The summed E-state index contributed by atoms with van der Waals surface area (Å²) in [6.45, 7) is 0.605. The molecular formula is C25H22F5N3O3. The van der Waals surface area contributed by atoms with Crippen molar-refractivity contribution in [3.63, 3.8) is 0 Å². The Balaban J connectivity index is 1.65. The molecule has 1 aromatic heterocycles. The van der Waals surface area contributed by atoms with Gasteiger partial charge >= 0.3 is 12.3 Å². The fourth-order valence-electron chi connectivity index (χ4n) is 3.83. The molecule has 0 unspecified atom stereocenters. The van der Waals surface area contributed by atoms with Crippen LogP contribution in [-0.4, -0.2) is 36.0 Å². The highest BCUT2D eigenvalue weighted by Gasteiger charge is 2.39. The monoisotopic (exact) mass is 507 g/mol. The number of rotatable bonds is 8. The summed E-state index contributed by atoms with van der Waals surface area (Å²) < 4.78 is 74.5. The van der Waals surface area contributed by atoms with Gasteiger partial charge in [0.05, 0.1) is 16.8 Å². The predicted molar refractivity (Wildman–Crippen MR) is 122 cm³/mol. The largest absolute Gasteiger partial charge is 0.488 e. The van der Waals surface area contributed by atoms with E-state index in [-0.39, 0.29) is 11.4 Å². The molecule has 11 heteroatoms. The lowest BCUT2D eigenvalue weighted by Gasteiger charge is -2.16. The van der Waals surface area contributed by atoms with Crippen LogP contribution < -0.4 is 10.1 Å². The van der Waals surface area contributed by atoms with Crippen LogP contribution in [-0.2, 0) is 11.3 Å². The predicted octanol–water partition coefficient (Wildman–Crippen LogP) is 6.73. The van der Waals surface area contributed by atoms with Crippen LogP contribution in [0.3, 0.4) is 0 Å². The normalized spacial score (nSPS) is 14.5. The van der Waals surface area contributed by atoms with Gasteiger partial charge in [0.25, 0.3) is 6.43 Å². The SMILES string of the molecule is C[C@@H](OC(=O)Nc1ccc(-c2c(C#N)c3ccc(OCC(F)F)cc3n2CC2CC2)cc1)C(F)(F)F. The van der Waals surface area contributed by atoms with E-state index in [0.29, 0.717) is 40.2 Å². The smallest absolute Gasteiger partial charge is 0.425 e. The number of carbonyl (C=O) groups excluding carboxylic acids is 1. The quantitative estimate of drug-likeness (QED) is 0.343. The molecule has 2 aromatic carbocycles. The first-order valence-corrected chi connectivity index (χ1v) is 11.2. The van der Waals surface area contributed by atoms with Gasteiger partial charge < -0.3 is 14.0 Å². The number of benzene rings is 2. The number of nitriles is 1. The number of anilines is 1. The maximum atomic E-state index is 12.6. The fourth-order valence-corrected chi connectivity index (χ4v) is 3.83. The van der Waals surface area contributed by atoms with E-state index in [1.165, 1.54) is 18.2 Å². The van der Waals surface area contributed by atoms with E-state index in [1.54, 1.807) is 24.3 Å². The lowest BCUT2D eigenvalue weighted by atomic mass is 10.1. The van der Waals surface area contributed by atoms with Gasteiger partial charge in [-0.15, -0.1) is 0 Å². The molecule has 0 radical (unpaired) electrons. The van der Waals surface area contributed by atoms with E-state index < -0.39 is 31.4 Å². The minimum Gasteiger partial charge on any atom is -0.488 e. The summed E-state index contributed by atoms with van der Waals surface area (Å²) >= 11 is 0. The highest BCUT2D eigenvalue weighted by molar-refractivity contribution is 5.95. The minimum atomic E-state index is -4.67. The Hall–Kier alpha value is -3.81. The number of carbonyl (C=O) groups is 1. The van der Waals surface area contributed by atoms with E-state index in [9.17, 15) is 32.0 Å². The van der Waals surface area contributed by atoms with Crippen molar-refractivity contribution in [1.82, 2.24) is 4.57 Å². The third-order valence-corrected chi connectivity index (χ3v) is 5.81. The number of alkyl halides is 5. The number of fused-ring (bicyclic) bond motifs is 1. The maximum absolute atomic E-state index is 12.6. The van der Waals surface area contributed by atoms with Crippen molar-refractivity contribution in [3.05, 3.63) is 48.0 Å². The molecule has 1 heterocycles. The molecule has 36 heavy (non-hydrogen) atoms. The molecule has 6 nitrogen and oxygen atoms in total. The third-order valence-electron chi connectivity index (χ3n) is 5.81. The average molecular weight is 507 g/mol. The Morgan fingerprint density at radius 1 is 1.19 bits per heavy atom. The molecule has 1 fully saturated rings. The third kappa shape index (κ3) is 5.70. The van der Waals surface area contributed by atoms with Crippen LogP contribution >= 0.6 is 0 Å². The molecule has 3 aromatic rings. The molecule has 0 spiro atoms. The molecule has 1 atom stereocenters. The van der Waals surface area contributed by atoms with Gasteiger partial charge in [-0.3, -0.25) is 5.32 Å². The first-order chi connectivity index (χ1) is 17.1. The van der Waals surface area contributed by atoms with Crippen molar-refractivity contribution < 1.29 is 36.2 Å². The Bertz CT molecular complexity index is 1290. The number of ether oxygens (including phenoxy) is 2. The van der Waals surface area contributed by atoms with Gasteiger partial charge in [0.2, 0.25) is 0 Å². The van der Waals surface area contributed by atoms with Crippen molar-refractivity contribution >= 4 is 22.7 Å². The van der Waals surface area contributed by atoms with Gasteiger partial charge in [0.15, 0.2) is 6.10 Å². The second-order valence-corrected chi connectivity index (χ2v) is 8.56. The molecule has 1 aliphatic rings. The zero-order chi connectivity index (χ0) is 26.0. The number of nitrogens with one attached hydrogen (secondary N) is 1. The summed E-state index contributed by atoms with van der Waals surface area (Å²) in [7, 11) is 0. The molecule has 0 aliphatic heterocycles. The van der Waals surface area contributed by atoms with Gasteiger partial charge in [0, 0.05) is 23.7 Å². The zero-order valence-corrected chi connectivity index (χ0v) is 19.1. The molecule has 190 valence electrons. The van der Waals surface area contributed by atoms with E-state index in [0.717, 1.165) is 19.8 Å². The van der Waals surface area contributed by atoms with Gasteiger partial charge in [0.1, 0.15) is 18.4 Å². The Morgan fingerprint density at radius 3 is 2.47 bits per heavy atom. The van der Waals surface area contributed by atoms with Crippen molar-refractivity contribution in [2.45, 2.75) is 45.0 Å². The van der Waals surface area contributed by atoms with E-state index >= 15 is 0 Å². The van der Waals surface area contributed by atoms with Crippen LogP contribution in [0.4, 0.5) is 32.4 Å². The molecule has 0 saturated heterocycles. The summed E-state index contributed by atoms with van der Waals surface area (Å²) in [4.78, 5) is 11.8. The Labute approximate surface area is 203 Å². The zero-order valence-electron chi connectivity index (χ0n) is 19.1. The van der Waals surface area contributed by atoms with Crippen molar-refractivity contribution in [2.24, 2.45) is 5.92 Å². The number of halogens is 5. The number of nitrogens with zero attached hydrogens (tertiary/aromatic N) is 2. The maximum Gasteiger partial charge on any atom is 0.425 e. The number of hydrogen-bond donors (Lipinski definition) is 1. The van der Waals surface area contributed by atoms with Crippen LogP contribution in [0.15, 0.2) is 42.5 Å². The summed E-state index contributed by atoms with van der Waals surface area (Å²) in [6.07, 6.45) is -8.74. The minimum absolute atomic E-state index is 0.212. The van der Waals surface area contributed by atoms with Crippen LogP contribution in [0.2, 0.25) is 0 Å². The van der Waals surface area contributed by atoms with Crippen molar-refractivity contribution in [3.8, 4) is 23.1 Å². The average Bonchev–Trinajstić information content (AvgIpc) is 3.59. The first kappa shape index (κ1) is 25.3. The summed E-state index contributed by atoms with van der Waals surface area (Å²) in [5, 5.41) is 12.8. The van der Waals surface area contributed by atoms with E-state index in [1.807, 2.05) is 4.57 Å². The molecule has 0 bridgehead atoms. The second kappa shape index (κ2) is 10.0. The lowest BCUT2D eigenvalue weighted by Crippen LogP contribution is -2.32. The summed E-state index contributed by atoms with van der Waals surface area (Å²) in [6, 6.07) is 13.3. The van der Waals surface area contributed by atoms with Gasteiger partial charge in [-0.05, 0) is 55.5 Å². The Kier molecular flexibility index (Phi) is 7.06. The number of aromatic nitrogens is 1. The van der Waals surface area contributed by atoms with Gasteiger partial charge in [-0.2, -0.15) is 18.4 Å². The van der Waals surface area contributed by atoms with Gasteiger partial charge in [-0.25, -0.2) is 13.6 Å². The Morgan fingerprint density at radius 2 is 1.89 bits per heavy atom. The van der Waals surface area contributed by atoms with Crippen LogP contribution in [0.25, 0.3) is 22.2 Å². The second-order valence-electron chi connectivity index (χ2n) is 8.56. The van der Waals surface area contributed by atoms with Crippen LogP contribution in [0.5, 0.6) is 5.75 Å². The van der Waals surface area contributed by atoms with Crippen LogP contribution in [0, 0.1) is 17.2 Å². The summed E-state index contributed by atoms with van der Waals surface area (Å²) in [5.41, 5.74) is 2.53. The number of amides is 1. The van der Waals surface area contributed by atoms with Crippen LogP contribution in [0.1, 0.15) is 25.3 Å². The topological polar surface area (TPSA) is 76.3 Å². The van der Waals surface area contributed by atoms with Gasteiger partial charge in [-0.1, -0.05) is 12.1 Å². The molecule has 1 amide bonds. The standard InChI is InChI=1S/C25H22F5N3O3/c1-14(25(28,29)30)36-24(34)32-17-6-4-16(5-7-17)23-20(11-31)19-9-8-18(35-13-22(26)27)10-21(19)33(23)12-15-2-3-15/h4-10,14-15,22H,2-3,12-13H2,1H3,(H,32,34)/t14-/m1/s1. The van der Waals surface area contributed by atoms with Crippen molar-refractivity contribution in [1.29, 1.82) is 5.26 Å². The van der Waals surface area contributed by atoms with Crippen molar-refractivity contribution in [2.75, 3.05) is 11.9 Å². The highest BCUT2D eigenvalue weighted by atomic mass is 19.4. The molecule has 1 N–H and O–H groups in total. The molecular weight excluding hydrogens is 485 g/mol. The number of hydrogen-bond acceptors (Lipinski definition) is 4. The summed E-state index contributed by atoms with van der Waals surface area (Å²) in [5.74, 6) is 0.683. The first-order valence-electron chi connectivity index (χ1n) is 11.2. The molecule has 1 saturated carbocycles. The van der Waals surface area contributed by atoms with E-state index in [4.69, 9.17) is 4.74 Å². The van der Waals surface area contributed by atoms with E-state index in [2.05, 4.69) is 16.1 Å². The molecule has 1 aliphatic carbocycles. The fraction of sp³-hybridized carbons (Fsp3) is 0.360. The highest BCUT2D eigenvalue weighted by Crippen LogP contribution is 2.39. The lowest BCUT2D eigenvalue weighted by molar-refractivity contribution is -0.196. The molecule has 4 rings (SSSR count).